The fourth-order valence-electron chi connectivity index (χ4n) is 5.09. The molecule has 6 nitrogen and oxygen atoms in total. The molecule has 0 saturated heterocycles. The molecule has 0 bridgehead atoms. The summed E-state index contributed by atoms with van der Waals surface area (Å²) in [7, 11) is 0. The van der Waals surface area contributed by atoms with Crippen molar-refractivity contribution in [3.8, 4) is 0 Å². The van der Waals surface area contributed by atoms with E-state index < -0.39 is 17.7 Å². The van der Waals surface area contributed by atoms with Crippen LogP contribution < -0.4 is 11.1 Å². The van der Waals surface area contributed by atoms with Gasteiger partial charge in [-0.05, 0) is 62.8 Å². The van der Waals surface area contributed by atoms with Crippen molar-refractivity contribution in [1.82, 2.24) is 4.90 Å². The van der Waals surface area contributed by atoms with Gasteiger partial charge >= 0.3 is 6.36 Å². The molecule has 0 spiro atoms. The Labute approximate surface area is 219 Å². The molecule has 0 aromatic heterocycles. The highest BCUT2D eigenvalue weighted by Gasteiger charge is 2.48. The molecule has 1 aromatic rings. The Morgan fingerprint density at radius 2 is 1.84 bits per heavy atom. The third-order valence-corrected chi connectivity index (χ3v) is 6.45. The minimum atomic E-state index is -4.87. The molecule has 0 heterocycles. The van der Waals surface area contributed by atoms with Gasteiger partial charge in [-0.25, -0.2) is 0 Å². The van der Waals surface area contributed by atoms with Gasteiger partial charge in [0, 0.05) is 12.2 Å². The molecular weight excluding hydrogens is 483 g/mol. The normalized spacial score (nSPS) is 22.7. The SMILES string of the molecule is CC.CC.CC1C=C(OC(F)(F)F)C(C)(CN(C=O)CC(=O)Nc2ccccc2)C2=C1C(CN)CCC2. The number of carbonyl (C=O) groups excluding carboxylic acids is 2. The summed E-state index contributed by atoms with van der Waals surface area (Å²) in [6, 6.07) is 8.73. The number of nitrogens with one attached hydrogen (secondary N) is 1. The maximum atomic E-state index is 13.3. The van der Waals surface area contributed by atoms with Crippen molar-refractivity contribution in [3.63, 3.8) is 0 Å². The number of alkyl halides is 3. The molecule has 2 aliphatic rings. The number of para-hydroxylation sites is 1. The number of anilines is 1. The van der Waals surface area contributed by atoms with Gasteiger partial charge in [0.25, 0.3) is 0 Å². The van der Waals surface area contributed by atoms with E-state index in [1.54, 1.807) is 37.3 Å². The van der Waals surface area contributed by atoms with Crippen molar-refractivity contribution < 1.29 is 27.5 Å². The predicted molar refractivity (Wildman–Crippen MR) is 141 cm³/mol. The first-order chi connectivity index (χ1) is 17.6. The molecule has 1 aromatic carbocycles. The Bertz CT molecular complexity index is 932. The fraction of sp³-hybridized carbons (Fsp3) is 0.571. The highest BCUT2D eigenvalue weighted by atomic mass is 19.4. The number of allylic oxidation sites excluding steroid dienone is 1. The molecule has 0 fully saturated rings. The fourth-order valence-corrected chi connectivity index (χ4v) is 5.09. The minimum absolute atomic E-state index is 0.0674. The van der Waals surface area contributed by atoms with E-state index >= 15 is 0 Å². The van der Waals surface area contributed by atoms with E-state index in [-0.39, 0.29) is 30.7 Å². The summed E-state index contributed by atoms with van der Waals surface area (Å²) < 4.78 is 44.4. The highest BCUT2D eigenvalue weighted by molar-refractivity contribution is 5.93. The Morgan fingerprint density at radius 3 is 2.38 bits per heavy atom. The quantitative estimate of drug-likeness (QED) is 0.310. The van der Waals surface area contributed by atoms with Crippen LogP contribution in [-0.4, -0.2) is 43.2 Å². The van der Waals surface area contributed by atoms with Gasteiger partial charge in [0.1, 0.15) is 5.76 Å². The van der Waals surface area contributed by atoms with Crippen LogP contribution in [0.4, 0.5) is 18.9 Å². The monoisotopic (exact) mass is 525 g/mol. The highest BCUT2D eigenvalue weighted by Crippen LogP contribution is 2.52. The number of hydrogen-bond acceptors (Lipinski definition) is 4. The van der Waals surface area contributed by atoms with E-state index in [0.717, 1.165) is 24.0 Å². The summed E-state index contributed by atoms with van der Waals surface area (Å²) in [4.78, 5) is 25.6. The zero-order chi connectivity index (χ0) is 28.2. The maximum absolute atomic E-state index is 13.3. The van der Waals surface area contributed by atoms with E-state index in [1.165, 1.54) is 11.0 Å². The number of rotatable bonds is 8. The van der Waals surface area contributed by atoms with Gasteiger partial charge in [-0.15, -0.1) is 13.2 Å². The van der Waals surface area contributed by atoms with Crippen LogP contribution in [0.25, 0.3) is 0 Å². The van der Waals surface area contributed by atoms with E-state index in [0.29, 0.717) is 25.1 Å². The number of benzene rings is 1. The van der Waals surface area contributed by atoms with Gasteiger partial charge in [-0.1, -0.05) is 64.0 Å². The first kappa shape index (κ1) is 32.2. The summed E-state index contributed by atoms with van der Waals surface area (Å²) in [5.41, 5.74) is 7.18. The Balaban J connectivity index is 0.00000163. The summed E-state index contributed by atoms with van der Waals surface area (Å²) in [6.45, 7) is 11.5. The molecule has 3 N–H and O–H groups in total. The standard InChI is InChI=1S/C24H30F3N3O3.2C2H6/c1-16-11-20(33-24(25,26)27)23(2,19-10-6-7-17(12-28)22(16)19)14-30(15-31)13-21(32)29-18-8-4-3-5-9-18;2*1-2/h3-5,8-9,11,15-17H,6-7,10,12-14,28H2,1-2H3,(H,29,32);2*1-2H3. The van der Waals surface area contributed by atoms with Crippen molar-refractivity contribution in [2.75, 3.05) is 25.0 Å². The van der Waals surface area contributed by atoms with Gasteiger partial charge < -0.3 is 20.7 Å². The minimum Gasteiger partial charge on any atom is -0.410 e. The van der Waals surface area contributed by atoms with Gasteiger partial charge in [0.05, 0.1) is 12.0 Å². The van der Waals surface area contributed by atoms with E-state index in [2.05, 4.69) is 10.1 Å². The first-order valence-corrected chi connectivity index (χ1v) is 13.0. The zero-order valence-electron chi connectivity index (χ0n) is 22.8. The number of nitrogens with zero attached hydrogens (tertiary/aromatic N) is 1. The molecule has 0 radical (unpaired) electrons. The third-order valence-electron chi connectivity index (χ3n) is 6.45. The average molecular weight is 526 g/mol. The summed E-state index contributed by atoms with van der Waals surface area (Å²) in [6.07, 6.45) is -0.651. The lowest BCUT2D eigenvalue weighted by Gasteiger charge is -2.46. The van der Waals surface area contributed by atoms with Crippen LogP contribution in [0.5, 0.6) is 0 Å². The third kappa shape index (κ3) is 8.62. The Kier molecular flexibility index (Phi) is 12.9. The Hall–Kier alpha value is -2.81. The summed E-state index contributed by atoms with van der Waals surface area (Å²) >= 11 is 0. The van der Waals surface area contributed by atoms with Crippen LogP contribution in [0, 0.1) is 17.3 Å². The van der Waals surface area contributed by atoms with Crippen LogP contribution in [0.3, 0.4) is 0 Å². The Morgan fingerprint density at radius 1 is 1.22 bits per heavy atom. The number of carbonyl (C=O) groups is 2. The van der Waals surface area contributed by atoms with E-state index in [1.807, 2.05) is 34.6 Å². The maximum Gasteiger partial charge on any atom is 0.572 e. The van der Waals surface area contributed by atoms with Crippen molar-refractivity contribution in [2.24, 2.45) is 23.0 Å². The van der Waals surface area contributed by atoms with Crippen LogP contribution in [0.1, 0.15) is 60.8 Å². The van der Waals surface area contributed by atoms with Crippen LogP contribution in [-0.2, 0) is 14.3 Å². The largest absolute Gasteiger partial charge is 0.572 e. The lowest BCUT2D eigenvalue weighted by molar-refractivity contribution is -0.311. The number of halogens is 3. The van der Waals surface area contributed by atoms with E-state index in [9.17, 15) is 22.8 Å². The number of amides is 2. The number of ether oxygens (including phenoxy) is 1. The molecule has 208 valence electrons. The van der Waals surface area contributed by atoms with Crippen LogP contribution in [0.15, 0.2) is 53.3 Å². The zero-order valence-corrected chi connectivity index (χ0v) is 22.8. The average Bonchev–Trinajstić information content (AvgIpc) is 2.88. The molecule has 0 saturated carbocycles. The van der Waals surface area contributed by atoms with Gasteiger partial charge in [-0.2, -0.15) is 0 Å². The first-order valence-electron chi connectivity index (χ1n) is 13.0. The van der Waals surface area contributed by atoms with Crippen molar-refractivity contribution in [3.05, 3.63) is 53.3 Å². The van der Waals surface area contributed by atoms with E-state index in [4.69, 9.17) is 5.73 Å². The summed E-state index contributed by atoms with van der Waals surface area (Å²) in [5, 5.41) is 2.69. The molecule has 2 amide bonds. The lowest BCUT2D eigenvalue weighted by atomic mass is 9.63. The topological polar surface area (TPSA) is 84.7 Å². The molecule has 3 rings (SSSR count). The summed E-state index contributed by atoms with van der Waals surface area (Å²) in [5.74, 6) is -0.876. The number of nitrogens with two attached hydrogens (primary N) is 1. The second kappa shape index (κ2) is 14.8. The molecule has 0 aliphatic heterocycles. The lowest BCUT2D eigenvalue weighted by Crippen LogP contribution is -2.46. The van der Waals surface area contributed by atoms with Gasteiger partial charge in [0.2, 0.25) is 12.3 Å². The van der Waals surface area contributed by atoms with Crippen molar-refractivity contribution in [2.45, 2.75) is 67.2 Å². The molecule has 3 unspecified atom stereocenters. The van der Waals surface area contributed by atoms with Crippen molar-refractivity contribution in [1.29, 1.82) is 0 Å². The van der Waals surface area contributed by atoms with Gasteiger partial charge in [-0.3, -0.25) is 9.59 Å². The molecule has 9 heteroatoms. The second-order valence-electron chi connectivity index (χ2n) is 8.88. The molecule has 2 aliphatic carbocycles. The number of hydrogen-bond donors (Lipinski definition) is 2. The smallest absolute Gasteiger partial charge is 0.410 e. The van der Waals surface area contributed by atoms with Gasteiger partial charge in [0.15, 0.2) is 0 Å². The second-order valence-corrected chi connectivity index (χ2v) is 8.88. The predicted octanol–water partition coefficient (Wildman–Crippen LogP) is 6.27. The molecule has 37 heavy (non-hydrogen) atoms. The molecular formula is C28H42F3N3O3. The van der Waals surface area contributed by atoms with Crippen molar-refractivity contribution >= 4 is 18.0 Å². The molecule has 3 atom stereocenters. The van der Waals surface area contributed by atoms with Crippen LogP contribution in [0.2, 0.25) is 0 Å². The van der Waals surface area contributed by atoms with Crippen LogP contribution >= 0.6 is 0 Å².